The minimum Gasteiger partial charge on any atom is -0.394 e. The molecule has 1 aliphatic rings. The summed E-state index contributed by atoms with van der Waals surface area (Å²) in [5, 5.41) is 8.44. The molecule has 0 radical (unpaired) electrons. The summed E-state index contributed by atoms with van der Waals surface area (Å²) in [5.74, 6) is -0.608. The molecule has 0 saturated carbocycles. The third-order valence-electron chi connectivity index (χ3n) is 2.23. The van der Waals surface area contributed by atoms with E-state index in [9.17, 15) is 9.59 Å². The largest absolute Gasteiger partial charge is 0.394 e. The first-order valence-corrected chi connectivity index (χ1v) is 5.78. The molecule has 0 spiro atoms. The number of ether oxygens (including phenoxy) is 4. The normalized spacial score (nSPS) is 19.5. The molecule has 0 aliphatic carbocycles. The van der Waals surface area contributed by atoms with Crippen LogP contribution in [-0.4, -0.2) is 75.6 Å². The smallest absolute Gasteiger partial charge is 0.226 e. The van der Waals surface area contributed by atoms with Crippen LogP contribution in [0.25, 0.3) is 0 Å². The standard InChI is InChI=1S/C11H18O7/c12-1-2-15-3-4-16-5-6-17-11(9(14)7-13)10-8-18-10/h7,10-12H,1-6,8H2. The van der Waals surface area contributed by atoms with Gasteiger partial charge in [-0.2, -0.15) is 0 Å². The van der Waals surface area contributed by atoms with Gasteiger partial charge in [-0.15, -0.1) is 0 Å². The van der Waals surface area contributed by atoms with E-state index in [0.29, 0.717) is 26.4 Å². The summed E-state index contributed by atoms with van der Waals surface area (Å²) in [6.45, 7) is 2.01. The first-order chi connectivity index (χ1) is 8.79. The second-order valence-electron chi connectivity index (χ2n) is 3.63. The van der Waals surface area contributed by atoms with Gasteiger partial charge in [0.1, 0.15) is 6.10 Å². The number of carbonyl (C=O) groups excluding carboxylic acids is 2. The molecule has 1 N–H and O–H groups in total. The first kappa shape index (κ1) is 15.2. The molecule has 0 amide bonds. The van der Waals surface area contributed by atoms with Crippen molar-refractivity contribution < 1.29 is 33.6 Å². The van der Waals surface area contributed by atoms with Gasteiger partial charge < -0.3 is 24.1 Å². The molecule has 7 nitrogen and oxygen atoms in total. The van der Waals surface area contributed by atoms with Crippen molar-refractivity contribution in [2.24, 2.45) is 0 Å². The molecule has 0 aromatic rings. The van der Waals surface area contributed by atoms with E-state index in [1.807, 2.05) is 0 Å². The predicted molar refractivity (Wildman–Crippen MR) is 59.3 cm³/mol. The van der Waals surface area contributed by atoms with Crippen molar-refractivity contribution in [3.05, 3.63) is 0 Å². The number of hydrogen-bond acceptors (Lipinski definition) is 7. The summed E-state index contributed by atoms with van der Waals surface area (Å²) < 4.78 is 20.3. The lowest BCUT2D eigenvalue weighted by molar-refractivity contribution is -0.139. The van der Waals surface area contributed by atoms with E-state index in [1.54, 1.807) is 0 Å². The molecule has 104 valence electrons. The van der Waals surface area contributed by atoms with Crippen LogP contribution in [0.2, 0.25) is 0 Å². The number of rotatable bonds is 12. The maximum atomic E-state index is 11.2. The minimum absolute atomic E-state index is 0.0139. The number of carbonyl (C=O) groups is 2. The average molecular weight is 262 g/mol. The average Bonchev–Trinajstić information content (AvgIpc) is 3.20. The van der Waals surface area contributed by atoms with Gasteiger partial charge in [0.2, 0.25) is 5.78 Å². The van der Waals surface area contributed by atoms with Crippen LogP contribution >= 0.6 is 0 Å². The molecule has 2 unspecified atom stereocenters. The highest BCUT2D eigenvalue weighted by Crippen LogP contribution is 2.17. The molecule has 1 fully saturated rings. The summed E-state index contributed by atoms with van der Waals surface area (Å²) in [6, 6.07) is 0. The van der Waals surface area contributed by atoms with Gasteiger partial charge in [0.25, 0.3) is 0 Å². The lowest BCUT2D eigenvalue weighted by atomic mass is 10.2. The molecule has 2 atom stereocenters. The second-order valence-corrected chi connectivity index (χ2v) is 3.63. The number of Topliss-reactive ketones (excluding diaryl/α,β-unsaturated/α-hetero) is 1. The molecule has 1 rings (SSSR count). The van der Waals surface area contributed by atoms with E-state index in [1.165, 1.54) is 0 Å². The molecule has 1 saturated heterocycles. The molecule has 0 bridgehead atoms. The van der Waals surface area contributed by atoms with Crippen LogP contribution in [0.5, 0.6) is 0 Å². The van der Waals surface area contributed by atoms with Crippen LogP contribution in [0.1, 0.15) is 0 Å². The van der Waals surface area contributed by atoms with Crippen molar-refractivity contribution in [1.29, 1.82) is 0 Å². The van der Waals surface area contributed by atoms with E-state index in [0.717, 1.165) is 0 Å². The number of epoxide rings is 1. The Morgan fingerprint density at radius 1 is 1.28 bits per heavy atom. The summed E-state index contributed by atoms with van der Waals surface area (Å²) in [6.07, 6.45) is -0.858. The second kappa shape index (κ2) is 9.12. The van der Waals surface area contributed by atoms with Crippen LogP contribution in [0, 0.1) is 0 Å². The van der Waals surface area contributed by atoms with Crippen molar-refractivity contribution in [2.75, 3.05) is 46.2 Å². The third-order valence-corrected chi connectivity index (χ3v) is 2.23. The zero-order chi connectivity index (χ0) is 13.2. The summed E-state index contributed by atoms with van der Waals surface area (Å²) >= 11 is 0. The van der Waals surface area contributed by atoms with Gasteiger partial charge in [-0.1, -0.05) is 0 Å². The minimum atomic E-state index is -0.809. The van der Waals surface area contributed by atoms with Gasteiger partial charge in [-0.05, 0) is 0 Å². The number of ketones is 1. The molecular weight excluding hydrogens is 244 g/mol. The Hall–Kier alpha value is -0.860. The maximum absolute atomic E-state index is 11.2. The highest BCUT2D eigenvalue weighted by atomic mass is 16.6. The molecule has 1 aliphatic heterocycles. The molecule has 7 heteroatoms. The van der Waals surface area contributed by atoms with E-state index < -0.39 is 11.9 Å². The van der Waals surface area contributed by atoms with E-state index in [2.05, 4.69) is 0 Å². The molecule has 1 heterocycles. The van der Waals surface area contributed by atoms with Gasteiger partial charge >= 0.3 is 0 Å². The quantitative estimate of drug-likeness (QED) is 0.199. The zero-order valence-electron chi connectivity index (χ0n) is 10.1. The highest BCUT2D eigenvalue weighted by molar-refractivity contribution is 6.27. The maximum Gasteiger partial charge on any atom is 0.226 e. The lowest BCUT2D eigenvalue weighted by Gasteiger charge is -2.11. The van der Waals surface area contributed by atoms with Crippen molar-refractivity contribution >= 4 is 12.1 Å². The molecule has 0 aromatic carbocycles. The SMILES string of the molecule is O=CC(=O)C(OCCOCCOCCO)C1CO1. The Labute approximate surface area is 105 Å². The Kier molecular flexibility index (Phi) is 7.70. The van der Waals surface area contributed by atoms with Gasteiger partial charge in [0.15, 0.2) is 12.4 Å². The van der Waals surface area contributed by atoms with Crippen molar-refractivity contribution in [3.8, 4) is 0 Å². The van der Waals surface area contributed by atoms with Gasteiger partial charge in [-0.25, -0.2) is 0 Å². The summed E-state index contributed by atoms with van der Waals surface area (Å²) in [7, 11) is 0. The molecule has 0 aromatic heterocycles. The lowest BCUT2D eigenvalue weighted by Crippen LogP contribution is -2.32. The van der Waals surface area contributed by atoms with Crippen LogP contribution < -0.4 is 0 Å². The number of hydrogen-bond donors (Lipinski definition) is 1. The Morgan fingerprint density at radius 3 is 2.44 bits per heavy atom. The van der Waals surface area contributed by atoms with E-state index >= 15 is 0 Å². The van der Waals surface area contributed by atoms with E-state index in [-0.39, 0.29) is 32.2 Å². The summed E-state index contributed by atoms with van der Waals surface area (Å²) in [4.78, 5) is 21.5. The number of aliphatic hydroxyl groups is 1. The Bertz CT molecular complexity index is 252. The first-order valence-electron chi connectivity index (χ1n) is 5.78. The zero-order valence-corrected chi connectivity index (χ0v) is 10.1. The van der Waals surface area contributed by atoms with Gasteiger partial charge in [0, 0.05) is 0 Å². The topological polar surface area (TPSA) is 94.6 Å². The van der Waals surface area contributed by atoms with Crippen LogP contribution in [0.15, 0.2) is 0 Å². The highest BCUT2D eigenvalue weighted by Gasteiger charge is 2.38. The fourth-order valence-electron chi connectivity index (χ4n) is 1.29. The van der Waals surface area contributed by atoms with Crippen LogP contribution in [0.4, 0.5) is 0 Å². The van der Waals surface area contributed by atoms with Gasteiger partial charge in [-0.3, -0.25) is 9.59 Å². The van der Waals surface area contributed by atoms with Crippen LogP contribution in [0.3, 0.4) is 0 Å². The van der Waals surface area contributed by atoms with Crippen molar-refractivity contribution in [2.45, 2.75) is 12.2 Å². The predicted octanol–water partition coefficient (Wildman–Crippen LogP) is -1.44. The molecule has 18 heavy (non-hydrogen) atoms. The number of aliphatic hydroxyl groups excluding tert-OH is 1. The Morgan fingerprint density at radius 2 is 1.89 bits per heavy atom. The Balaban J connectivity index is 1.98. The van der Waals surface area contributed by atoms with Gasteiger partial charge in [0.05, 0.1) is 46.2 Å². The monoisotopic (exact) mass is 262 g/mol. The van der Waals surface area contributed by atoms with Crippen LogP contribution in [-0.2, 0) is 28.5 Å². The summed E-state index contributed by atoms with van der Waals surface area (Å²) in [5.41, 5.74) is 0. The molecular formula is C11H18O7. The van der Waals surface area contributed by atoms with E-state index in [4.69, 9.17) is 24.1 Å². The van der Waals surface area contributed by atoms with Crippen molar-refractivity contribution in [3.63, 3.8) is 0 Å². The third kappa shape index (κ3) is 6.18. The fraction of sp³-hybridized carbons (Fsp3) is 0.818. The van der Waals surface area contributed by atoms with Crippen molar-refractivity contribution in [1.82, 2.24) is 0 Å². The fourth-order valence-corrected chi connectivity index (χ4v) is 1.29. The number of aldehydes is 1.